The summed E-state index contributed by atoms with van der Waals surface area (Å²) in [7, 11) is 0. The fourth-order valence-electron chi connectivity index (χ4n) is 1.70. The lowest BCUT2D eigenvalue weighted by Crippen LogP contribution is -2.36. The number of aromatic nitrogens is 4. The normalized spacial score (nSPS) is 14.0. The van der Waals surface area contributed by atoms with Gasteiger partial charge in [-0.1, -0.05) is 0 Å². The molecule has 0 amide bonds. The molecule has 0 aliphatic heterocycles. The molecule has 2 atom stereocenters. The van der Waals surface area contributed by atoms with Crippen LogP contribution in [0.1, 0.15) is 6.92 Å². The van der Waals surface area contributed by atoms with Gasteiger partial charge in [0.2, 0.25) is 0 Å². The van der Waals surface area contributed by atoms with E-state index in [1.807, 2.05) is 0 Å². The summed E-state index contributed by atoms with van der Waals surface area (Å²) >= 11 is 0. The molecule has 10 nitrogen and oxygen atoms in total. The number of nitrogens with zero attached hydrogens (tertiary/aromatic N) is 4. The molecule has 2 aromatic rings. The molecular weight excluding hydrogens is 282 g/mol. The molecule has 0 aliphatic carbocycles. The molecular formula is C11H15N5O5. The molecule has 0 bridgehead atoms. The van der Waals surface area contributed by atoms with Crippen LogP contribution in [0.4, 0.5) is 5.82 Å². The molecule has 2 aromatic heterocycles. The Morgan fingerprint density at radius 3 is 2.86 bits per heavy atom. The Bertz CT molecular complexity index is 630. The Morgan fingerprint density at radius 1 is 1.43 bits per heavy atom. The van der Waals surface area contributed by atoms with Crippen molar-refractivity contribution in [2.45, 2.75) is 25.7 Å². The Morgan fingerprint density at radius 2 is 2.19 bits per heavy atom. The van der Waals surface area contributed by atoms with Gasteiger partial charge in [-0.25, -0.2) is 25.2 Å². The zero-order chi connectivity index (χ0) is 15.4. The highest BCUT2D eigenvalue weighted by Crippen LogP contribution is 2.17. The van der Waals surface area contributed by atoms with Crippen molar-refractivity contribution in [3.63, 3.8) is 0 Å². The number of carboxylic acid groups (broad SMARTS) is 1. The lowest BCUT2D eigenvalue weighted by molar-refractivity contribution is -0.153. The first-order chi connectivity index (χ1) is 10.0. The van der Waals surface area contributed by atoms with E-state index < -0.39 is 18.2 Å². The fourth-order valence-corrected chi connectivity index (χ4v) is 1.70. The number of nitrogens with one attached hydrogen (secondary N) is 1. The number of imidazole rings is 1. The molecule has 10 heteroatoms. The van der Waals surface area contributed by atoms with Gasteiger partial charge in [-0.3, -0.25) is 4.84 Å². The van der Waals surface area contributed by atoms with Gasteiger partial charge in [-0.2, -0.15) is 0 Å². The number of aliphatic hydroxyl groups excluding tert-OH is 2. The average Bonchev–Trinajstić information content (AvgIpc) is 2.87. The molecule has 0 spiro atoms. The van der Waals surface area contributed by atoms with Crippen molar-refractivity contribution in [1.29, 1.82) is 0 Å². The number of aliphatic hydroxyl groups is 2. The second-order valence-corrected chi connectivity index (χ2v) is 4.18. The quantitative estimate of drug-likeness (QED) is 0.473. The molecule has 0 fully saturated rings. The molecule has 0 saturated heterocycles. The zero-order valence-electron chi connectivity index (χ0n) is 11.2. The number of hydrogen-bond donors (Lipinski definition) is 4. The van der Waals surface area contributed by atoms with E-state index in [2.05, 4.69) is 20.4 Å². The van der Waals surface area contributed by atoms with Crippen LogP contribution in [0.2, 0.25) is 0 Å². The smallest absolute Gasteiger partial charge is 0.335 e. The van der Waals surface area contributed by atoms with Gasteiger partial charge in [-0.05, 0) is 6.92 Å². The predicted octanol–water partition coefficient (Wildman–Crippen LogP) is -1.00. The monoisotopic (exact) mass is 297 g/mol. The minimum atomic E-state index is -1.88. The minimum absolute atomic E-state index is 0.172. The Hall–Kier alpha value is -2.30. The molecule has 2 rings (SSSR count). The van der Waals surface area contributed by atoms with Crippen LogP contribution in [-0.2, 0) is 16.2 Å². The zero-order valence-corrected chi connectivity index (χ0v) is 11.2. The van der Waals surface area contributed by atoms with E-state index in [0.717, 1.165) is 0 Å². The summed E-state index contributed by atoms with van der Waals surface area (Å²) in [6.07, 6.45) is -0.723. The van der Waals surface area contributed by atoms with Crippen molar-refractivity contribution in [1.82, 2.24) is 19.5 Å². The SMILES string of the molecule is CCONc1ncnc2c1ncn2C[C@@H](O)[C@@H](O)C(=O)O. The van der Waals surface area contributed by atoms with Crippen LogP contribution in [0.5, 0.6) is 0 Å². The second kappa shape index (κ2) is 6.43. The molecule has 4 N–H and O–H groups in total. The number of rotatable bonds is 7. The van der Waals surface area contributed by atoms with Gasteiger partial charge in [0.05, 0.1) is 19.5 Å². The van der Waals surface area contributed by atoms with Crippen LogP contribution in [0.15, 0.2) is 12.7 Å². The highest BCUT2D eigenvalue weighted by molar-refractivity contribution is 5.82. The third-order valence-corrected chi connectivity index (χ3v) is 2.72. The lowest BCUT2D eigenvalue weighted by Gasteiger charge is -2.14. The third kappa shape index (κ3) is 3.24. The summed E-state index contributed by atoms with van der Waals surface area (Å²) in [4.78, 5) is 27.7. The highest BCUT2D eigenvalue weighted by Gasteiger charge is 2.24. The van der Waals surface area contributed by atoms with Gasteiger partial charge in [0.25, 0.3) is 0 Å². The standard InChI is InChI=1S/C11H15N5O5/c1-2-21-15-9-7-10(13-4-12-9)16(5-14-7)3-6(17)8(18)11(19)20/h4-6,8,17-18H,2-3H2,1H3,(H,19,20)(H,12,13,15)/t6-,8-/m1/s1. The molecule has 21 heavy (non-hydrogen) atoms. The average molecular weight is 297 g/mol. The van der Waals surface area contributed by atoms with E-state index in [-0.39, 0.29) is 6.54 Å². The maximum Gasteiger partial charge on any atom is 0.335 e. The number of aliphatic carboxylic acids is 1. The van der Waals surface area contributed by atoms with Gasteiger partial charge < -0.3 is 19.9 Å². The summed E-state index contributed by atoms with van der Waals surface area (Å²) in [6, 6.07) is 0. The molecule has 2 heterocycles. The van der Waals surface area contributed by atoms with Crippen molar-refractivity contribution in [3.05, 3.63) is 12.7 Å². The van der Waals surface area contributed by atoms with Crippen molar-refractivity contribution in [2.24, 2.45) is 0 Å². The minimum Gasteiger partial charge on any atom is -0.479 e. The van der Waals surface area contributed by atoms with E-state index >= 15 is 0 Å². The van der Waals surface area contributed by atoms with Gasteiger partial charge >= 0.3 is 5.97 Å². The topological polar surface area (TPSA) is 143 Å². The van der Waals surface area contributed by atoms with E-state index in [1.54, 1.807) is 6.92 Å². The van der Waals surface area contributed by atoms with Crippen molar-refractivity contribution < 1.29 is 25.0 Å². The summed E-state index contributed by atoms with van der Waals surface area (Å²) in [6.45, 7) is 2.05. The summed E-state index contributed by atoms with van der Waals surface area (Å²) in [5.74, 6) is -1.14. The Labute approximate surface area is 119 Å². The summed E-state index contributed by atoms with van der Waals surface area (Å²) in [5, 5.41) is 27.6. The van der Waals surface area contributed by atoms with Crippen LogP contribution in [0, 0.1) is 0 Å². The third-order valence-electron chi connectivity index (χ3n) is 2.72. The number of carboxylic acids is 1. The summed E-state index contributed by atoms with van der Waals surface area (Å²) in [5.41, 5.74) is 3.40. The van der Waals surface area contributed by atoms with Crippen LogP contribution in [-0.4, -0.2) is 59.6 Å². The van der Waals surface area contributed by atoms with E-state index in [4.69, 9.17) is 9.94 Å². The van der Waals surface area contributed by atoms with Crippen LogP contribution in [0.3, 0.4) is 0 Å². The highest BCUT2D eigenvalue weighted by atomic mass is 16.6. The Balaban J connectivity index is 2.24. The number of fused-ring (bicyclic) bond motifs is 1. The van der Waals surface area contributed by atoms with Crippen LogP contribution >= 0.6 is 0 Å². The lowest BCUT2D eigenvalue weighted by atomic mass is 10.2. The number of carbonyl (C=O) groups is 1. The van der Waals surface area contributed by atoms with Crippen molar-refractivity contribution in [2.75, 3.05) is 12.1 Å². The van der Waals surface area contributed by atoms with Gasteiger partial charge in [0.1, 0.15) is 12.4 Å². The summed E-state index contributed by atoms with van der Waals surface area (Å²) < 4.78 is 1.42. The largest absolute Gasteiger partial charge is 0.479 e. The number of anilines is 1. The van der Waals surface area contributed by atoms with Gasteiger partial charge in [0.15, 0.2) is 23.1 Å². The maximum atomic E-state index is 10.6. The van der Waals surface area contributed by atoms with Crippen LogP contribution < -0.4 is 5.48 Å². The molecule has 0 saturated carbocycles. The molecule has 0 unspecified atom stereocenters. The number of hydrogen-bond acceptors (Lipinski definition) is 8. The van der Waals surface area contributed by atoms with Crippen molar-refractivity contribution in [3.8, 4) is 0 Å². The van der Waals surface area contributed by atoms with Crippen molar-refractivity contribution >= 4 is 23.0 Å². The van der Waals surface area contributed by atoms with Crippen LogP contribution in [0.25, 0.3) is 11.2 Å². The first kappa shape index (κ1) is 15.1. The van der Waals surface area contributed by atoms with Gasteiger partial charge in [-0.15, -0.1) is 0 Å². The first-order valence-corrected chi connectivity index (χ1v) is 6.17. The molecule has 0 aromatic carbocycles. The molecule has 114 valence electrons. The maximum absolute atomic E-state index is 10.6. The predicted molar refractivity (Wildman–Crippen MR) is 70.2 cm³/mol. The Kier molecular flexibility index (Phi) is 4.62. The van der Waals surface area contributed by atoms with E-state index in [0.29, 0.717) is 23.6 Å². The van der Waals surface area contributed by atoms with Gasteiger partial charge in [0, 0.05) is 0 Å². The fraction of sp³-hybridized carbons (Fsp3) is 0.455. The molecule has 0 radical (unpaired) electrons. The second-order valence-electron chi connectivity index (χ2n) is 4.18. The van der Waals surface area contributed by atoms with E-state index in [1.165, 1.54) is 17.2 Å². The molecule has 0 aliphatic rings. The first-order valence-electron chi connectivity index (χ1n) is 6.17. The van der Waals surface area contributed by atoms with E-state index in [9.17, 15) is 15.0 Å².